The van der Waals surface area contributed by atoms with Crippen LogP contribution in [-0.2, 0) is 7.05 Å². The van der Waals surface area contributed by atoms with Gasteiger partial charge in [0.1, 0.15) is 11.4 Å². The lowest BCUT2D eigenvalue weighted by Crippen LogP contribution is -2.39. The minimum absolute atomic E-state index is 0.103. The van der Waals surface area contributed by atoms with E-state index in [9.17, 15) is 14.0 Å². The number of hydrogen-bond donors (Lipinski definition) is 2. The number of carbonyl (C=O) groups is 1. The second kappa shape index (κ2) is 10.1. The van der Waals surface area contributed by atoms with Crippen LogP contribution in [0.2, 0.25) is 5.02 Å². The molecule has 9 heteroatoms. The molecule has 3 heterocycles. The quantitative estimate of drug-likeness (QED) is 0.509. The normalized spacial score (nSPS) is 19.1. The summed E-state index contributed by atoms with van der Waals surface area (Å²) in [5.74, 6) is -0.630. The van der Waals surface area contributed by atoms with Crippen LogP contribution in [-0.4, -0.2) is 41.1 Å². The van der Waals surface area contributed by atoms with Crippen LogP contribution in [0, 0.1) is 12.7 Å². The second-order valence-electron chi connectivity index (χ2n) is 10.4. The first kappa shape index (κ1) is 25.7. The monoisotopic (exact) mass is 525 g/mol. The molecule has 1 aromatic carbocycles. The molecule has 0 spiro atoms. The van der Waals surface area contributed by atoms with Crippen LogP contribution < -0.4 is 21.1 Å². The largest absolute Gasteiger partial charge is 0.369 e. The first-order valence-corrected chi connectivity index (χ1v) is 13.3. The molecule has 2 aliphatic rings. The number of benzene rings is 1. The Morgan fingerprint density at radius 2 is 1.97 bits per heavy atom. The molecule has 1 saturated heterocycles. The Labute approximate surface area is 221 Å². The van der Waals surface area contributed by atoms with E-state index in [0.717, 1.165) is 48.1 Å². The molecule has 5 rings (SSSR count). The van der Waals surface area contributed by atoms with Crippen LogP contribution in [0.4, 0.5) is 10.1 Å². The number of anilines is 1. The number of hydrogen-bond acceptors (Lipinski definition) is 5. The SMILES string of the molecule is Cc1cc2c(N3CCN[C@@H](C)CC3)c(C(=O)N[C@@H](C)c3cc(F)cc(Cl)c3)c(=O)n(C)c2c(C2CC2)n1. The summed E-state index contributed by atoms with van der Waals surface area (Å²) in [7, 11) is 1.72. The third-order valence-electron chi connectivity index (χ3n) is 7.44. The van der Waals surface area contributed by atoms with E-state index in [0.29, 0.717) is 36.3 Å². The summed E-state index contributed by atoms with van der Waals surface area (Å²) in [6, 6.07) is 5.95. The number of aromatic nitrogens is 2. The van der Waals surface area contributed by atoms with Crippen LogP contribution >= 0.6 is 11.6 Å². The Kier molecular flexibility index (Phi) is 6.98. The van der Waals surface area contributed by atoms with Crippen molar-refractivity contribution in [2.24, 2.45) is 7.05 Å². The molecular formula is C28H33ClFN5O2. The summed E-state index contributed by atoms with van der Waals surface area (Å²) in [6.45, 7) is 7.99. The lowest BCUT2D eigenvalue weighted by Gasteiger charge is -2.28. The molecule has 1 aliphatic carbocycles. The van der Waals surface area contributed by atoms with Crippen molar-refractivity contribution in [1.82, 2.24) is 20.2 Å². The van der Waals surface area contributed by atoms with Gasteiger partial charge in [0.25, 0.3) is 11.5 Å². The lowest BCUT2D eigenvalue weighted by molar-refractivity contribution is 0.0938. The van der Waals surface area contributed by atoms with Gasteiger partial charge in [-0.05, 0) is 69.9 Å². The Balaban J connectivity index is 1.67. The Hall–Kier alpha value is -2.97. The third kappa shape index (κ3) is 5.09. The highest BCUT2D eigenvalue weighted by Gasteiger charge is 2.33. The lowest BCUT2D eigenvalue weighted by atomic mass is 10.0. The fraction of sp³-hybridized carbons (Fsp3) is 0.464. The highest BCUT2D eigenvalue weighted by Crippen LogP contribution is 2.43. The van der Waals surface area contributed by atoms with Gasteiger partial charge >= 0.3 is 0 Å². The van der Waals surface area contributed by atoms with Crippen LogP contribution in [0.5, 0.6) is 0 Å². The number of fused-ring (bicyclic) bond motifs is 1. The smallest absolute Gasteiger partial charge is 0.265 e. The average Bonchev–Trinajstić information content (AvgIpc) is 3.68. The van der Waals surface area contributed by atoms with Crippen LogP contribution in [0.1, 0.15) is 72.4 Å². The molecule has 2 atom stereocenters. The van der Waals surface area contributed by atoms with Crippen molar-refractivity contribution in [3.05, 3.63) is 68.0 Å². The number of carbonyl (C=O) groups excluding carboxylic acids is 1. The van der Waals surface area contributed by atoms with Gasteiger partial charge in [-0.3, -0.25) is 14.6 Å². The zero-order valence-corrected chi connectivity index (χ0v) is 22.5. The van der Waals surface area contributed by atoms with E-state index < -0.39 is 17.8 Å². The predicted octanol–water partition coefficient (Wildman–Crippen LogP) is 4.59. The van der Waals surface area contributed by atoms with Gasteiger partial charge in [-0.1, -0.05) is 11.6 Å². The van der Waals surface area contributed by atoms with Crippen molar-refractivity contribution < 1.29 is 9.18 Å². The number of rotatable bonds is 5. The molecule has 1 amide bonds. The number of halogens is 2. The van der Waals surface area contributed by atoms with Crippen molar-refractivity contribution in [2.75, 3.05) is 24.5 Å². The van der Waals surface area contributed by atoms with Gasteiger partial charge in [-0.15, -0.1) is 0 Å². The van der Waals surface area contributed by atoms with Crippen molar-refractivity contribution in [1.29, 1.82) is 0 Å². The molecule has 0 unspecified atom stereocenters. The molecule has 2 N–H and O–H groups in total. The Bertz CT molecular complexity index is 1410. The van der Waals surface area contributed by atoms with E-state index >= 15 is 0 Å². The Morgan fingerprint density at radius 3 is 2.68 bits per heavy atom. The summed E-state index contributed by atoms with van der Waals surface area (Å²) in [4.78, 5) is 34.7. The van der Waals surface area contributed by atoms with E-state index in [2.05, 4.69) is 22.5 Å². The van der Waals surface area contributed by atoms with Crippen LogP contribution in [0.15, 0.2) is 29.1 Å². The maximum absolute atomic E-state index is 14.0. The highest BCUT2D eigenvalue weighted by molar-refractivity contribution is 6.30. The minimum atomic E-state index is -0.555. The average molecular weight is 526 g/mol. The molecule has 196 valence electrons. The maximum atomic E-state index is 14.0. The summed E-state index contributed by atoms with van der Waals surface area (Å²) < 4.78 is 15.6. The topological polar surface area (TPSA) is 79.3 Å². The van der Waals surface area contributed by atoms with Crippen LogP contribution in [0.3, 0.4) is 0 Å². The third-order valence-corrected chi connectivity index (χ3v) is 7.66. The standard InChI is InChI=1S/C28H33ClFN5O2/c1-15-7-9-35(10-8-31-15)25-22-11-16(2)32-24(18-5-6-18)26(22)34(4)28(37)23(25)27(36)33-17(3)19-12-20(29)14-21(30)13-19/h11-15,17-18,31H,5-10H2,1-4H3,(H,33,36)/t15-,17-/m0/s1. The van der Waals surface area contributed by atoms with E-state index in [1.165, 1.54) is 12.1 Å². The van der Waals surface area contributed by atoms with Gasteiger partial charge < -0.3 is 20.1 Å². The van der Waals surface area contributed by atoms with Gasteiger partial charge in [-0.2, -0.15) is 0 Å². The van der Waals surface area contributed by atoms with E-state index in [1.807, 2.05) is 13.0 Å². The first-order chi connectivity index (χ1) is 17.6. The Morgan fingerprint density at radius 1 is 1.22 bits per heavy atom. The number of nitrogens with zero attached hydrogens (tertiary/aromatic N) is 3. The molecule has 0 bridgehead atoms. The molecular weight excluding hydrogens is 493 g/mol. The minimum Gasteiger partial charge on any atom is -0.369 e. The molecule has 3 aromatic rings. The second-order valence-corrected chi connectivity index (χ2v) is 10.9. The van der Waals surface area contributed by atoms with Crippen LogP contribution in [0.25, 0.3) is 10.9 Å². The predicted molar refractivity (Wildman–Crippen MR) is 145 cm³/mol. The highest BCUT2D eigenvalue weighted by atomic mass is 35.5. The van der Waals surface area contributed by atoms with Crippen molar-refractivity contribution in [3.8, 4) is 0 Å². The van der Waals surface area contributed by atoms with Gasteiger partial charge in [-0.25, -0.2) is 4.39 Å². The van der Waals surface area contributed by atoms with E-state index in [-0.39, 0.29) is 16.1 Å². The van der Waals surface area contributed by atoms with Gasteiger partial charge in [0, 0.05) is 54.7 Å². The summed E-state index contributed by atoms with van der Waals surface area (Å²) in [5, 5.41) is 7.55. The van der Waals surface area contributed by atoms with E-state index in [4.69, 9.17) is 16.6 Å². The number of pyridine rings is 2. The summed E-state index contributed by atoms with van der Waals surface area (Å²) in [6.07, 6.45) is 2.99. The fourth-order valence-corrected chi connectivity index (χ4v) is 5.54. The van der Waals surface area contributed by atoms with Crippen molar-refractivity contribution in [2.45, 2.75) is 58.0 Å². The van der Waals surface area contributed by atoms with Gasteiger partial charge in [0.2, 0.25) is 0 Å². The van der Waals surface area contributed by atoms with Gasteiger partial charge in [0.05, 0.1) is 22.9 Å². The van der Waals surface area contributed by atoms with Crippen molar-refractivity contribution in [3.63, 3.8) is 0 Å². The van der Waals surface area contributed by atoms with Gasteiger partial charge in [0.15, 0.2) is 0 Å². The number of nitrogens with one attached hydrogen (secondary N) is 2. The molecule has 1 aliphatic heterocycles. The zero-order valence-electron chi connectivity index (χ0n) is 21.7. The maximum Gasteiger partial charge on any atom is 0.265 e. The van der Waals surface area contributed by atoms with Crippen molar-refractivity contribution >= 4 is 34.1 Å². The fourth-order valence-electron chi connectivity index (χ4n) is 5.31. The number of aryl methyl sites for hydroxylation is 2. The molecule has 1 saturated carbocycles. The molecule has 2 fully saturated rings. The zero-order chi connectivity index (χ0) is 26.4. The number of amides is 1. The summed E-state index contributed by atoms with van der Waals surface area (Å²) in [5.41, 5.74) is 3.54. The molecule has 7 nitrogen and oxygen atoms in total. The molecule has 37 heavy (non-hydrogen) atoms. The molecule has 0 radical (unpaired) electrons. The molecule has 2 aromatic heterocycles. The van der Waals surface area contributed by atoms with E-state index in [1.54, 1.807) is 24.6 Å². The first-order valence-electron chi connectivity index (χ1n) is 12.9. The summed E-state index contributed by atoms with van der Waals surface area (Å²) >= 11 is 6.05.